The van der Waals surface area contributed by atoms with Crippen LogP contribution in [0.3, 0.4) is 0 Å². The molecule has 0 unspecified atom stereocenters. The van der Waals surface area contributed by atoms with E-state index in [4.69, 9.17) is 21.4 Å². The van der Waals surface area contributed by atoms with Crippen LogP contribution in [-0.4, -0.2) is 11.1 Å². The molecule has 0 aromatic heterocycles. The number of hydrogen-bond donors (Lipinski definition) is 1. The molecule has 20 heavy (non-hydrogen) atoms. The number of carboxylic acids is 1. The van der Waals surface area contributed by atoms with Crippen LogP contribution in [0.2, 0.25) is 5.02 Å². The first-order valence-corrected chi connectivity index (χ1v) is 5.95. The zero-order valence-electron chi connectivity index (χ0n) is 10.1. The van der Waals surface area contributed by atoms with Crippen molar-refractivity contribution in [2.75, 3.05) is 0 Å². The fourth-order valence-corrected chi connectivity index (χ4v) is 1.64. The summed E-state index contributed by atoms with van der Waals surface area (Å²) < 4.78 is 32.0. The number of ether oxygens (including phenoxy) is 1. The van der Waals surface area contributed by atoms with Crippen LogP contribution in [0.5, 0.6) is 5.75 Å². The van der Waals surface area contributed by atoms with Crippen molar-refractivity contribution in [3.05, 3.63) is 64.2 Å². The van der Waals surface area contributed by atoms with Gasteiger partial charge in [-0.05, 0) is 24.3 Å². The zero-order chi connectivity index (χ0) is 14.7. The molecule has 2 aromatic carbocycles. The molecule has 0 aliphatic carbocycles. The minimum Gasteiger partial charge on any atom is -0.489 e. The Morgan fingerprint density at radius 2 is 1.90 bits per heavy atom. The quantitative estimate of drug-likeness (QED) is 0.931. The molecule has 0 saturated heterocycles. The van der Waals surface area contributed by atoms with Gasteiger partial charge in [-0.25, -0.2) is 13.6 Å². The van der Waals surface area contributed by atoms with Crippen molar-refractivity contribution in [3.8, 4) is 5.75 Å². The molecule has 2 rings (SSSR count). The van der Waals surface area contributed by atoms with Crippen LogP contribution in [0.4, 0.5) is 8.78 Å². The lowest BCUT2D eigenvalue weighted by atomic mass is 10.1. The number of carbonyl (C=O) groups is 1. The van der Waals surface area contributed by atoms with E-state index in [9.17, 15) is 13.6 Å². The smallest absolute Gasteiger partial charge is 0.335 e. The summed E-state index contributed by atoms with van der Waals surface area (Å²) in [5.41, 5.74) is 0.0224. The SMILES string of the molecule is O=C(O)c1ccc(COc2ccc(Cl)c(F)c2)c(F)c1. The molecule has 6 heteroatoms. The Bertz CT molecular complexity index is 659. The number of benzene rings is 2. The maximum Gasteiger partial charge on any atom is 0.335 e. The Morgan fingerprint density at radius 1 is 1.15 bits per heavy atom. The fourth-order valence-electron chi connectivity index (χ4n) is 1.53. The van der Waals surface area contributed by atoms with Gasteiger partial charge in [-0.15, -0.1) is 0 Å². The summed E-state index contributed by atoms with van der Waals surface area (Å²) in [5.74, 6) is -2.34. The number of carboxylic acid groups (broad SMARTS) is 1. The number of rotatable bonds is 4. The van der Waals surface area contributed by atoms with E-state index >= 15 is 0 Å². The Balaban J connectivity index is 2.10. The molecule has 0 bridgehead atoms. The highest BCUT2D eigenvalue weighted by Gasteiger charge is 2.09. The van der Waals surface area contributed by atoms with Crippen molar-refractivity contribution in [3.63, 3.8) is 0 Å². The van der Waals surface area contributed by atoms with E-state index in [0.717, 1.165) is 12.1 Å². The zero-order valence-corrected chi connectivity index (χ0v) is 10.8. The van der Waals surface area contributed by atoms with Gasteiger partial charge in [0.05, 0.1) is 10.6 Å². The molecule has 2 aromatic rings. The number of aromatic carboxylic acids is 1. The molecule has 0 radical (unpaired) electrons. The van der Waals surface area contributed by atoms with Crippen molar-refractivity contribution >= 4 is 17.6 Å². The van der Waals surface area contributed by atoms with Gasteiger partial charge in [0.25, 0.3) is 0 Å². The first-order chi connectivity index (χ1) is 9.47. The van der Waals surface area contributed by atoms with Crippen LogP contribution in [0, 0.1) is 11.6 Å². The predicted octanol–water partition coefficient (Wildman–Crippen LogP) is 3.90. The van der Waals surface area contributed by atoms with Gasteiger partial charge in [0, 0.05) is 11.6 Å². The average Bonchev–Trinajstić information content (AvgIpc) is 2.41. The number of hydrogen-bond acceptors (Lipinski definition) is 2. The van der Waals surface area contributed by atoms with Gasteiger partial charge in [0.1, 0.15) is 24.0 Å². The third kappa shape index (κ3) is 3.24. The van der Waals surface area contributed by atoms with E-state index < -0.39 is 17.6 Å². The maximum absolute atomic E-state index is 13.6. The molecule has 104 valence electrons. The van der Waals surface area contributed by atoms with Gasteiger partial charge in [-0.2, -0.15) is 0 Å². The minimum atomic E-state index is -1.21. The van der Waals surface area contributed by atoms with E-state index in [0.29, 0.717) is 0 Å². The lowest BCUT2D eigenvalue weighted by Crippen LogP contribution is -2.02. The van der Waals surface area contributed by atoms with Gasteiger partial charge in [-0.3, -0.25) is 0 Å². The topological polar surface area (TPSA) is 46.5 Å². The van der Waals surface area contributed by atoms with Crippen LogP contribution >= 0.6 is 11.6 Å². The number of halogens is 3. The van der Waals surface area contributed by atoms with Crippen LogP contribution in [0.1, 0.15) is 15.9 Å². The van der Waals surface area contributed by atoms with Gasteiger partial charge < -0.3 is 9.84 Å². The van der Waals surface area contributed by atoms with Crippen molar-refractivity contribution < 1.29 is 23.4 Å². The second-order valence-electron chi connectivity index (χ2n) is 3.98. The molecule has 1 N–H and O–H groups in total. The van der Waals surface area contributed by atoms with Gasteiger partial charge >= 0.3 is 5.97 Å². The van der Waals surface area contributed by atoms with E-state index in [2.05, 4.69) is 0 Å². The lowest BCUT2D eigenvalue weighted by molar-refractivity contribution is 0.0696. The highest BCUT2D eigenvalue weighted by Crippen LogP contribution is 2.21. The highest BCUT2D eigenvalue weighted by atomic mass is 35.5. The van der Waals surface area contributed by atoms with Crippen molar-refractivity contribution in [2.24, 2.45) is 0 Å². The summed E-state index contributed by atoms with van der Waals surface area (Å²) in [4.78, 5) is 10.7. The molecule has 0 amide bonds. The molecule has 0 spiro atoms. The molecule has 0 aliphatic rings. The van der Waals surface area contributed by atoms with Crippen molar-refractivity contribution in [1.29, 1.82) is 0 Å². The molecule has 0 atom stereocenters. The molecule has 0 fully saturated rings. The predicted molar refractivity (Wildman–Crippen MR) is 69.1 cm³/mol. The van der Waals surface area contributed by atoms with Crippen molar-refractivity contribution in [1.82, 2.24) is 0 Å². The second-order valence-corrected chi connectivity index (χ2v) is 4.38. The van der Waals surface area contributed by atoms with Crippen LogP contribution in [0.15, 0.2) is 36.4 Å². The Morgan fingerprint density at radius 3 is 2.50 bits per heavy atom. The first kappa shape index (κ1) is 14.3. The van der Waals surface area contributed by atoms with E-state index in [-0.39, 0.29) is 28.5 Å². The summed E-state index contributed by atoms with van der Waals surface area (Å²) in [7, 11) is 0. The van der Waals surface area contributed by atoms with Gasteiger partial charge in [0.2, 0.25) is 0 Å². The third-order valence-corrected chi connectivity index (χ3v) is 2.89. The minimum absolute atomic E-state index is 0.0330. The molecule has 3 nitrogen and oxygen atoms in total. The third-order valence-electron chi connectivity index (χ3n) is 2.59. The molecular formula is C14H9ClF2O3. The average molecular weight is 299 g/mol. The molecule has 0 heterocycles. The second kappa shape index (κ2) is 5.88. The normalized spacial score (nSPS) is 10.3. The van der Waals surface area contributed by atoms with E-state index in [1.807, 2.05) is 0 Å². The van der Waals surface area contributed by atoms with Gasteiger partial charge in [-0.1, -0.05) is 17.7 Å². The van der Waals surface area contributed by atoms with Crippen LogP contribution in [0.25, 0.3) is 0 Å². The molecular weight excluding hydrogens is 290 g/mol. The summed E-state index contributed by atoms with van der Waals surface area (Å²) in [6.07, 6.45) is 0. The molecule has 0 saturated carbocycles. The Labute approximate surface area is 118 Å². The summed E-state index contributed by atoms with van der Waals surface area (Å²) in [6, 6.07) is 7.36. The van der Waals surface area contributed by atoms with Crippen molar-refractivity contribution in [2.45, 2.75) is 6.61 Å². The Kier molecular flexibility index (Phi) is 4.20. The van der Waals surface area contributed by atoms with Crippen LogP contribution in [-0.2, 0) is 6.61 Å². The lowest BCUT2D eigenvalue weighted by Gasteiger charge is -2.08. The highest BCUT2D eigenvalue weighted by molar-refractivity contribution is 6.30. The summed E-state index contributed by atoms with van der Waals surface area (Å²) in [5, 5.41) is 8.68. The summed E-state index contributed by atoms with van der Waals surface area (Å²) in [6.45, 7) is -0.146. The standard InChI is InChI=1S/C14H9ClF2O3/c15-11-4-3-10(6-13(11)17)20-7-9-2-1-8(14(18)19)5-12(9)16/h1-6H,7H2,(H,18,19). The molecule has 0 aliphatic heterocycles. The van der Waals surface area contributed by atoms with E-state index in [1.54, 1.807) is 0 Å². The fraction of sp³-hybridized carbons (Fsp3) is 0.0714. The monoisotopic (exact) mass is 298 g/mol. The largest absolute Gasteiger partial charge is 0.489 e. The summed E-state index contributed by atoms with van der Waals surface area (Å²) >= 11 is 5.52. The van der Waals surface area contributed by atoms with E-state index in [1.165, 1.54) is 24.3 Å². The first-order valence-electron chi connectivity index (χ1n) is 5.57. The Hall–Kier alpha value is -2.14. The van der Waals surface area contributed by atoms with Gasteiger partial charge in [0.15, 0.2) is 0 Å². The van der Waals surface area contributed by atoms with Crippen LogP contribution < -0.4 is 4.74 Å². The maximum atomic E-state index is 13.6.